The molecule has 11 rings (SSSR count). The number of aromatic hydroxyl groups is 1. The minimum absolute atomic E-state index is 0.0833. The highest BCUT2D eigenvalue weighted by molar-refractivity contribution is 5.96. The smallest absolute Gasteiger partial charge is 0.199 e. The van der Waals surface area contributed by atoms with Crippen LogP contribution in [0, 0.1) is 35.1 Å². The van der Waals surface area contributed by atoms with Crippen LogP contribution in [0.3, 0.4) is 0 Å². The average molecular weight is 1100 g/mol. The number of benzene rings is 6. The van der Waals surface area contributed by atoms with Crippen molar-refractivity contribution < 1.29 is 50.4 Å². The number of hydrogen-bond acceptors (Lipinski definition) is 7. The fraction of sp³-hybridized carbons (Fsp3) is 0.343. The van der Waals surface area contributed by atoms with Crippen LogP contribution in [0.15, 0.2) is 133 Å². The number of nitrogens with zero attached hydrogens (tertiary/aromatic N) is 2. The second kappa shape index (κ2) is 26.0. The van der Waals surface area contributed by atoms with E-state index in [2.05, 4.69) is 34.1 Å². The quantitative estimate of drug-likeness (QED) is 0.109. The van der Waals surface area contributed by atoms with Gasteiger partial charge in [-0.05, 0) is 183 Å². The molecule has 3 atom stereocenters. The third kappa shape index (κ3) is 13.7. The summed E-state index contributed by atoms with van der Waals surface area (Å²) in [4.78, 5) is 4.68. The van der Waals surface area contributed by atoms with Gasteiger partial charge in [0.05, 0.1) is 20.0 Å². The Morgan fingerprint density at radius 2 is 0.988 bits per heavy atom. The summed E-state index contributed by atoms with van der Waals surface area (Å²) in [5.41, 5.74) is 9.36. The molecule has 5 aliphatic rings. The zero-order valence-electron chi connectivity index (χ0n) is 45.3. The van der Waals surface area contributed by atoms with Gasteiger partial charge >= 0.3 is 0 Å². The van der Waals surface area contributed by atoms with Crippen LogP contribution in [0.25, 0.3) is 34.4 Å². The number of ether oxygens (including phenoxy) is 4. The van der Waals surface area contributed by atoms with Crippen molar-refractivity contribution in [1.82, 2.24) is 9.80 Å². The normalized spacial score (nSPS) is 20.3. The Labute approximate surface area is 465 Å². The molecule has 0 aliphatic carbocycles. The Hall–Kier alpha value is -7.06. The van der Waals surface area contributed by atoms with E-state index in [1.807, 2.05) is 80.6 Å². The predicted octanol–water partition coefficient (Wildman–Crippen LogP) is 16.1. The van der Waals surface area contributed by atoms with Gasteiger partial charge in [-0.1, -0.05) is 72.8 Å². The monoisotopic (exact) mass is 1090 g/mol. The van der Waals surface area contributed by atoms with Crippen molar-refractivity contribution in [1.29, 1.82) is 0 Å². The van der Waals surface area contributed by atoms with Crippen molar-refractivity contribution in [2.24, 2.45) is 11.8 Å². The van der Waals surface area contributed by atoms with Crippen molar-refractivity contribution in [3.63, 3.8) is 0 Å². The second-order valence-electron chi connectivity index (χ2n) is 21.6. The van der Waals surface area contributed by atoms with Crippen molar-refractivity contribution in [3.05, 3.63) is 201 Å². The van der Waals surface area contributed by atoms with Crippen LogP contribution < -0.4 is 14.2 Å². The lowest BCUT2D eigenvalue weighted by Crippen LogP contribution is -2.34. The molecule has 3 unspecified atom stereocenters. The number of likely N-dealkylation sites (tertiary alicyclic amines) is 2. The minimum Gasteiger partial charge on any atom is -0.508 e. The summed E-state index contributed by atoms with van der Waals surface area (Å²) < 4.78 is 108. The van der Waals surface area contributed by atoms with Gasteiger partial charge < -0.3 is 24.1 Å². The molecular weight excluding hydrogens is 1030 g/mol. The molecule has 0 amide bonds. The molecule has 1 N–H and O–H groups in total. The van der Waals surface area contributed by atoms with Crippen LogP contribution in [-0.4, -0.2) is 80.4 Å². The summed E-state index contributed by atoms with van der Waals surface area (Å²) in [6.07, 6.45) is 13.5. The molecule has 5 heterocycles. The van der Waals surface area contributed by atoms with Gasteiger partial charge in [-0.15, -0.1) is 0 Å². The highest BCUT2D eigenvalue weighted by atomic mass is 19.2. The minimum atomic E-state index is -0.653. The molecular formula is C67H68F6N2O5. The van der Waals surface area contributed by atoms with Gasteiger partial charge in [-0.3, -0.25) is 18.6 Å². The van der Waals surface area contributed by atoms with E-state index in [1.165, 1.54) is 24.3 Å². The lowest BCUT2D eigenvalue weighted by molar-refractivity contribution is -0.105. The standard InChI is InChI=1S/C36H38F3NO3.C31H30F3NO2/c1-24-32-12-11-31(42-34-6-2-3-18-41-34)22-33(32)43-36(35(24)28-19-29(38)21-30(39)20-28)27-9-7-25(8-10-27)5-4-15-40-16-13-26(23-37)14-17-40;1-20-28-9-8-27(36)18-29(28)37-31(30(20)24-15-25(33)17-26(34)16-24)23-6-4-21(5-7-23)3-2-12-35-13-10-22(19-32)11-14-35/h4-5,7-12,19-22,26,34,36H,2-3,6,13-18,23H2,1H3;2-9,15-18,22,31,36H,10-14,19H2,1H3/b5-4+;3-2+. The fourth-order valence-corrected chi connectivity index (χ4v) is 11.4. The lowest BCUT2D eigenvalue weighted by Gasteiger charge is -2.32. The summed E-state index contributed by atoms with van der Waals surface area (Å²) in [7, 11) is 0. The first kappa shape index (κ1) is 56.2. The molecule has 6 aromatic rings. The zero-order valence-corrected chi connectivity index (χ0v) is 45.3. The third-order valence-corrected chi connectivity index (χ3v) is 16.0. The molecule has 5 aliphatic heterocycles. The highest BCUT2D eigenvalue weighted by Gasteiger charge is 2.33. The number of halogens is 6. The molecule has 6 aromatic carbocycles. The molecule has 13 heteroatoms. The van der Waals surface area contributed by atoms with Crippen LogP contribution >= 0.6 is 0 Å². The van der Waals surface area contributed by atoms with E-state index in [4.69, 9.17) is 18.9 Å². The van der Waals surface area contributed by atoms with Gasteiger partial charge in [0.15, 0.2) is 6.29 Å². The summed E-state index contributed by atoms with van der Waals surface area (Å²) >= 11 is 0. The van der Waals surface area contributed by atoms with Crippen LogP contribution in [0.1, 0.15) is 116 Å². The molecule has 3 fully saturated rings. The summed E-state index contributed by atoms with van der Waals surface area (Å²) in [6, 6.07) is 33.6. The number of hydrogen-bond donors (Lipinski definition) is 1. The van der Waals surface area contributed by atoms with Gasteiger partial charge in [0.25, 0.3) is 0 Å². The van der Waals surface area contributed by atoms with E-state index in [1.54, 1.807) is 18.2 Å². The van der Waals surface area contributed by atoms with Crippen LogP contribution in [0.2, 0.25) is 0 Å². The van der Waals surface area contributed by atoms with Crippen LogP contribution in [0.4, 0.5) is 26.3 Å². The Balaban J connectivity index is 0.000000182. The molecule has 0 saturated carbocycles. The number of phenols is 1. The molecule has 0 aromatic heterocycles. The van der Waals surface area contributed by atoms with Crippen LogP contribution in [-0.2, 0) is 4.74 Å². The first-order chi connectivity index (χ1) is 38.9. The Morgan fingerprint density at radius 3 is 1.43 bits per heavy atom. The maximum absolute atomic E-state index is 14.4. The maximum atomic E-state index is 14.4. The highest BCUT2D eigenvalue weighted by Crippen LogP contribution is 2.49. The van der Waals surface area contributed by atoms with Gasteiger partial charge in [0.2, 0.25) is 0 Å². The molecule has 0 bridgehead atoms. The number of piperidine rings is 2. The SMILES string of the molecule is CC1=C(c2cc(F)cc(F)c2)C(c2ccc(/C=C/CN3CCC(CF)CC3)cc2)Oc2cc(O)ccc21.CC1=C(c2cc(F)cc(F)c2)C(c2ccc(/C=C/CN3CCC(CF)CC3)cc2)Oc2cc(OC3CCCCO3)ccc21. The zero-order chi connectivity index (χ0) is 55.7. The Morgan fingerprint density at radius 1 is 0.537 bits per heavy atom. The van der Waals surface area contributed by atoms with Crippen molar-refractivity contribution >= 4 is 34.4 Å². The van der Waals surface area contributed by atoms with E-state index in [-0.39, 0.29) is 37.2 Å². The average Bonchev–Trinajstić information content (AvgIpc) is 3.50. The van der Waals surface area contributed by atoms with E-state index in [0.717, 1.165) is 146 Å². The molecule has 7 nitrogen and oxygen atoms in total. The number of rotatable bonds is 14. The molecule has 3 saturated heterocycles. The fourth-order valence-electron chi connectivity index (χ4n) is 11.4. The Bertz CT molecular complexity index is 3190. The van der Waals surface area contributed by atoms with Gasteiger partial charge in [0, 0.05) is 66.0 Å². The van der Waals surface area contributed by atoms with Gasteiger partial charge in [0.1, 0.15) is 58.5 Å². The number of fused-ring (bicyclic) bond motifs is 2. The third-order valence-electron chi connectivity index (χ3n) is 16.0. The lowest BCUT2D eigenvalue weighted by atomic mass is 9.86. The first-order valence-corrected chi connectivity index (χ1v) is 27.9. The van der Waals surface area contributed by atoms with Gasteiger partial charge in [-0.2, -0.15) is 0 Å². The summed E-state index contributed by atoms with van der Waals surface area (Å²) in [5.74, 6) is -0.251. The Kier molecular flexibility index (Phi) is 18.3. The second-order valence-corrected chi connectivity index (χ2v) is 21.6. The molecule has 418 valence electrons. The van der Waals surface area contributed by atoms with Crippen molar-refractivity contribution in [3.8, 4) is 23.0 Å². The maximum Gasteiger partial charge on any atom is 0.199 e. The molecule has 0 spiro atoms. The topological polar surface area (TPSA) is 63.6 Å². The number of alkyl halides is 2. The van der Waals surface area contributed by atoms with E-state index in [0.29, 0.717) is 40.6 Å². The summed E-state index contributed by atoms with van der Waals surface area (Å²) in [5, 5.41) is 10.0. The van der Waals surface area contributed by atoms with E-state index in [9.17, 15) is 31.4 Å². The van der Waals surface area contributed by atoms with E-state index >= 15 is 0 Å². The largest absolute Gasteiger partial charge is 0.508 e. The van der Waals surface area contributed by atoms with Gasteiger partial charge in [-0.25, -0.2) is 17.6 Å². The first-order valence-electron chi connectivity index (χ1n) is 27.9. The van der Waals surface area contributed by atoms with Crippen molar-refractivity contribution in [2.75, 3.05) is 59.2 Å². The van der Waals surface area contributed by atoms with Crippen molar-refractivity contribution in [2.45, 2.75) is 77.3 Å². The molecule has 0 radical (unpaired) electrons. The van der Waals surface area contributed by atoms with E-state index < -0.39 is 35.5 Å². The number of allylic oxidation sites excluding steroid dienone is 2. The summed E-state index contributed by atoms with van der Waals surface area (Å²) in [6.45, 7) is 9.45. The van der Waals surface area contributed by atoms with Crippen LogP contribution in [0.5, 0.6) is 23.0 Å². The molecule has 80 heavy (non-hydrogen) atoms. The number of phenolic OH excluding ortho intramolecular Hbond substituents is 1. The predicted molar refractivity (Wildman–Crippen MR) is 304 cm³/mol.